The minimum absolute atomic E-state index is 0.0926. The molecule has 2 aromatic rings. The monoisotopic (exact) mass is 416 g/mol. The first-order valence-corrected chi connectivity index (χ1v) is 10.3. The number of amides is 2. The summed E-state index contributed by atoms with van der Waals surface area (Å²) >= 11 is 7.42. The van der Waals surface area contributed by atoms with Crippen molar-refractivity contribution in [3.05, 3.63) is 75.8 Å². The van der Waals surface area contributed by atoms with E-state index in [4.69, 9.17) is 16.3 Å². The minimum atomic E-state index is -0.251. The van der Waals surface area contributed by atoms with Crippen LogP contribution in [-0.2, 0) is 20.9 Å². The number of hydrogen-bond acceptors (Lipinski definition) is 4. The van der Waals surface area contributed by atoms with Gasteiger partial charge in [0.25, 0.3) is 5.91 Å². The molecule has 146 valence electrons. The van der Waals surface area contributed by atoms with Gasteiger partial charge in [0.1, 0.15) is 17.2 Å². The van der Waals surface area contributed by atoms with Gasteiger partial charge in [0.05, 0.1) is 6.61 Å². The average molecular weight is 417 g/mol. The van der Waals surface area contributed by atoms with Crippen LogP contribution in [0.25, 0.3) is 0 Å². The molecule has 0 spiro atoms. The highest BCUT2D eigenvalue weighted by molar-refractivity contribution is 8.04. The van der Waals surface area contributed by atoms with Crippen LogP contribution < -0.4 is 10.2 Å². The fourth-order valence-electron chi connectivity index (χ4n) is 2.74. The summed E-state index contributed by atoms with van der Waals surface area (Å²) < 4.78 is 5.52. The Morgan fingerprint density at radius 3 is 2.54 bits per heavy atom. The quantitative estimate of drug-likeness (QED) is 0.773. The van der Waals surface area contributed by atoms with Crippen LogP contribution in [0.4, 0.5) is 5.69 Å². The third-order valence-corrected chi connectivity index (χ3v) is 5.55. The number of hydrogen-bond donors (Lipinski definition) is 1. The number of carbonyl (C=O) groups is 2. The van der Waals surface area contributed by atoms with E-state index in [1.165, 1.54) is 16.7 Å². The zero-order valence-electron chi connectivity index (χ0n) is 15.5. The fourth-order valence-corrected chi connectivity index (χ4v) is 3.73. The summed E-state index contributed by atoms with van der Waals surface area (Å²) in [6.07, 6.45) is 0. The standard InChI is InChI=1S/C21H21ClN2O3S/c1-15-20(28-12-11-27-15)21(26)24(18-9-7-17(22)8-10-18)14-19(25)23-13-16-5-3-2-4-6-16/h2-10H,11-14H2,1H3,(H,23,25). The van der Waals surface area contributed by atoms with E-state index >= 15 is 0 Å². The van der Waals surface area contributed by atoms with E-state index < -0.39 is 0 Å². The van der Waals surface area contributed by atoms with E-state index in [-0.39, 0.29) is 18.4 Å². The van der Waals surface area contributed by atoms with Crippen molar-refractivity contribution in [2.45, 2.75) is 13.5 Å². The molecule has 5 nitrogen and oxygen atoms in total. The van der Waals surface area contributed by atoms with Crippen molar-refractivity contribution in [1.82, 2.24) is 5.32 Å². The molecule has 1 aliphatic heterocycles. The molecule has 0 aromatic heterocycles. The number of allylic oxidation sites excluding steroid dienone is 1. The predicted octanol–water partition coefficient (Wildman–Crippen LogP) is 3.98. The molecule has 3 rings (SSSR count). The molecule has 2 aromatic carbocycles. The maximum atomic E-state index is 13.2. The highest BCUT2D eigenvalue weighted by Gasteiger charge is 2.27. The van der Waals surface area contributed by atoms with Crippen molar-refractivity contribution in [2.24, 2.45) is 0 Å². The molecule has 1 heterocycles. The number of rotatable bonds is 6. The smallest absolute Gasteiger partial charge is 0.268 e. The van der Waals surface area contributed by atoms with Crippen LogP contribution in [0.3, 0.4) is 0 Å². The number of anilines is 1. The van der Waals surface area contributed by atoms with Gasteiger partial charge in [-0.1, -0.05) is 41.9 Å². The lowest BCUT2D eigenvalue weighted by Gasteiger charge is -2.26. The van der Waals surface area contributed by atoms with Crippen LogP contribution >= 0.6 is 23.4 Å². The Balaban J connectivity index is 1.77. The summed E-state index contributed by atoms with van der Waals surface area (Å²) in [5.41, 5.74) is 1.60. The van der Waals surface area contributed by atoms with Gasteiger partial charge in [-0.2, -0.15) is 0 Å². The number of benzene rings is 2. The lowest BCUT2D eigenvalue weighted by molar-refractivity contribution is -0.122. The maximum absolute atomic E-state index is 13.2. The van der Waals surface area contributed by atoms with Gasteiger partial charge < -0.3 is 10.1 Å². The Kier molecular flexibility index (Phi) is 7.01. The molecule has 0 saturated heterocycles. The molecule has 0 aliphatic carbocycles. The van der Waals surface area contributed by atoms with Crippen molar-refractivity contribution in [3.8, 4) is 0 Å². The average Bonchev–Trinajstić information content (AvgIpc) is 2.72. The molecule has 0 atom stereocenters. The van der Waals surface area contributed by atoms with E-state index in [0.29, 0.717) is 40.3 Å². The van der Waals surface area contributed by atoms with Crippen molar-refractivity contribution in [2.75, 3.05) is 23.8 Å². The molecule has 0 radical (unpaired) electrons. The molecule has 1 N–H and O–H groups in total. The van der Waals surface area contributed by atoms with Crippen molar-refractivity contribution in [3.63, 3.8) is 0 Å². The zero-order valence-corrected chi connectivity index (χ0v) is 17.1. The summed E-state index contributed by atoms with van der Waals surface area (Å²) in [5, 5.41) is 3.43. The van der Waals surface area contributed by atoms with E-state index in [1.807, 2.05) is 30.3 Å². The van der Waals surface area contributed by atoms with Crippen molar-refractivity contribution >= 4 is 40.9 Å². The molecular weight excluding hydrogens is 396 g/mol. The van der Waals surface area contributed by atoms with Gasteiger partial charge in [-0.05, 0) is 36.8 Å². The third-order valence-electron chi connectivity index (χ3n) is 4.18. The van der Waals surface area contributed by atoms with Crippen molar-refractivity contribution in [1.29, 1.82) is 0 Å². The Bertz CT molecular complexity index is 869. The van der Waals surface area contributed by atoms with Crippen molar-refractivity contribution < 1.29 is 14.3 Å². The van der Waals surface area contributed by atoms with Gasteiger partial charge in [0, 0.05) is 23.0 Å². The van der Waals surface area contributed by atoms with Crippen LogP contribution in [0, 0.1) is 0 Å². The number of carbonyl (C=O) groups excluding carboxylic acids is 2. The molecule has 2 amide bonds. The zero-order chi connectivity index (χ0) is 19.9. The molecule has 0 saturated carbocycles. The Labute approximate surface area is 173 Å². The van der Waals surface area contributed by atoms with Crippen LogP contribution in [0.5, 0.6) is 0 Å². The van der Waals surface area contributed by atoms with Gasteiger partial charge in [0.2, 0.25) is 5.91 Å². The Morgan fingerprint density at radius 1 is 1.14 bits per heavy atom. The molecule has 28 heavy (non-hydrogen) atoms. The van der Waals surface area contributed by atoms with E-state index in [9.17, 15) is 9.59 Å². The van der Waals surface area contributed by atoms with Crippen LogP contribution in [0.15, 0.2) is 65.3 Å². The second-order valence-electron chi connectivity index (χ2n) is 6.21. The summed E-state index contributed by atoms with van der Waals surface area (Å²) in [6.45, 7) is 2.66. The van der Waals surface area contributed by atoms with E-state index in [0.717, 1.165) is 5.56 Å². The molecule has 7 heteroatoms. The van der Waals surface area contributed by atoms with Gasteiger partial charge in [-0.25, -0.2) is 0 Å². The largest absolute Gasteiger partial charge is 0.496 e. The SMILES string of the molecule is CC1=C(C(=O)N(CC(=O)NCc2ccccc2)c2ccc(Cl)cc2)SCCO1. The van der Waals surface area contributed by atoms with E-state index in [1.54, 1.807) is 31.2 Å². The Hall–Kier alpha value is -2.44. The number of ether oxygens (including phenoxy) is 1. The third kappa shape index (κ3) is 5.30. The number of halogens is 1. The highest BCUT2D eigenvalue weighted by atomic mass is 35.5. The fraction of sp³-hybridized carbons (Fsp3) is 0.238. The molecule has 1 aliphatic rings. The first-order valence-electron chi connectivity index (χ1n) is 8.89. The number of nitrogens with one attached hydrogen (secondary N) is 1. The van der Waals surface area contributed by atoms with Gasteiger partial charge in [-0.3, -0.25) is 14.5 Å². The summed E-state index contributed by atoms with van der Waals surface area (Å²) in [7, 11) is 0. The van der Waals surface area contributed by atoms with Gasteiger partial charge in [-0.15, -0.1) is 11.8 Å². The molecule has 0 bridgehead atoms. The Morgan fingerprint density at radius 2 is 1.86 bits per heavy atom. The molecular formula is C21H21ClN2O3S. The second-order valence-corrected chi connectivity index (χ2v) is 7.75. The first-order chi connectivity index (χ1) is 13.5. The second kappa shape index (κ2) is 9.66. The molecule has 0 fully saturated rings. The summed E-state index contributed by atoms with van der Waals surface area (Å²) in [5.74, 6) is 0.795. The van der Waals surface area contributed by atoms with Crippen LogP contribution in [-0.4, -0.2) is 30.7 Å². The topological polar surface area (TPSA) is 58.6 Å². The lowest BCUT2D eigenvalue weighted by Crippen LogP contribution is -2.41. The minimum Gasteiger partial charge on any atom is -0.496 e. The highest BCUT2D eigenvalue weighted by Crippen LogP contribution is 2.29. The van der Waals surface area contributed by atoms with Gasteiger partial charge >= 0.3 is 0 Å². The normalized spacial score (nSPS) is 13.6. The van der Waals surface area contributed by atoms with Crippen LogP contribution in [0.1, 0.15) is 12.5 Å². The molecule has 0 unspecified atom stereocenters. The lowest BCUT2D eigenvalue weighted by atomic mass is 10.2. The van der Waals surface area contributed by atoms with Crippen LogP contribution in [0.2, 0.25) is 5.02 Å². The number of nitrogens with zero attached hydrogens (tertiary/aromatic N) is 1. The first kappa shape index (κ1) is 20.3. The van der Waals surface area contributed by atoms with Gasteiger partial charge in [0.15, 0.2) is 0 Å². The predicted molar refractivity (Wildman–Crippen MR) is 113 cm³/mol. The van der Waals surface area contributed by atoms with E-state index in [2.05, 4.69) is 5.32 Å². The maximum Gasteiger partial charge on any atom is 0.268 e. The number of thioether (sulfide) groups is 1. The summed E-state index contributed by atoms with van der Waals surface area (Å²) in [4.78, 5) is 27.7. The summed E-state index contributed by atoms with van der Waals surface area (Å²) in [6, 6.07) is 16.5.